The third kappa shape index (κ3) is 4.16. The third-order valence-electron chi connectivity index (χ3n) is 2.85. The van der Waals surface area contributed by atoms with Gasteiger partial charge in [-0.2, -0.15) is 0 Å². The summed E-state index contributed by atoms with van der Waals surface area (Å²) in [6.45, 7) is 0.253. The van der Waals surface area contributed by atoms with Gasteiger partial charge in [-0.15, -0.1) is 0 Å². The summed E-state index contributed by atoms with van der Waals surface area (Å²) in [5, 5.41) is 28.7. The number of piperazine rings is 1. The molecule has 2 unspecified atom stereocenters. The van der Waals surface area contributed by atoms with Crippen molar-refractivity contribution in [2.24, 2.45) is 0 Å². The van der Waals surface area contributed by atoms with E-state index >= 15 is 0 Å². The maximum atomic E-state index is 12.0. The fourth-order valence-corrected chi connectivity index (χ4v) is 1.98. The van der Waals surface area contributed by atoms with Crippen molar-refractivity contribution >= 4 is 17.8 Å². The fraction of sp³-hybridized carbons (Fsp3) is 0.700. The number of carbonyl (C=O) groups is 3. The molecule has 2 atom stereocenters. The number of nitrogens with zero attached hydrogens (tertiary/aromatic N) is 1. The molecule has 0 aromatic rings. The highest BCUT2D eigenvalue weighted by atomic mass is 17.1. The average molecular weight is 276 g/mol. The van der Waals surface area contributed by atoms with Crippen LogP contribution < -0.4 is 5.32 Å². The summed E-state index contributed by atoms with van der Waals surface area (Å²) in [6.07, 6.45) is -0.477. The molecule has 9 nitrogen and oxygen atoms in total. The van der Waals surface area contributed by atoms with Crippen LogP contribution >= 0.6 is 0 Å². The highest BCUT2D eigenvalue weighted by molar-refractivity contribution is 5.90. The Hall–Kier alpha value is -1.71. The molecule has 0 spiro atoms. The molecule has 1 heterocycles. The second-order valence-electron chi connectivity index (χ2n) is 4.11. The van der Waals surface area contributed by atoms with Gasteiger partial charge in [0.2, 0.25) is 5.91 Å². The van der Waals surface area contributed by atoms with Crippen LogP contribution in [0.1, 0.15) is 12.8 Å². The fourth-order valence-electron chi connectivity index (χ4n) is 1.98. The van der Waals surface area contributed by atoms with Gasteiger partial charge in [0, 0.05) is 19.5 Å². The van der Waals surface area contributed by atoms with Crippen LogP contribution in [0, 0.1) is 0 Å². The van der Waals surface area contributed by atoms with Gasteiger partial charge in [-0.1, -0.05) is 0 Å². The van der Waals surface area contributed by atoms with Crippen molar-refractivity contribution in [2.45, 2.75) is 24.9 Å². The molecule has 108 valence electrons. The number of rotatable bonds is 7. The second-order valence-corrected chi connectivity index (χ2v) is 4.11. The first-order chi connectivity index (χ1) is 8.97. The largest absolute Gasteiger partial charge is 0.481 e. The molecule has 1 saturated heterocycles. The Balaban J connectivity index is 2.75. The number of aliphatic carboxylic acids is 2. The highest BCUT2D eigenvalue weighted by Crippen LogP contribution is 2.12. The number of carbonyl (C=O) groups excluding carboxylic acids is 1. The molecule has 0 aromatic heterocycles. The van der Waals surface area contributed by atoms with E-state index in [1.165, 1.54) is 0 Å². The topological polar surface area (TPSA) is 136 Å². The Kier molecular flexibility index (Phi) is 5.67. The first-order valence-electron chi connectivity index (χ1n) is 5.72. The lowest BCUT2D eigenvalue weighted by molar-refractivity contribution is -0.244. The molecule has 19 heavy (non-hydrogen) atoms. The molecule has 0 aromatic carbocycles. The molecule has 1 amide bonds. The molecule has 1 aliphatic rings. The summed E-state index contributed by atoms with van der Waals surface area (Å²) in [4.78, 5) is 38.7. The predicted octanol–water partition coefficient (Wildman–Crippen LogP) is -1.41. The van der Waals surface area contributed by atoms with Crippen molar-refractivity contribution in [3.63, 3.8) is 0 Å². The van der Waals surface area contributed by atoms with Crippen LogP contribution in [0.4, 0.5) is 0 Å². The molecule has 0 radical (unpaired) electrons. The zero-order chi connectivity index (χ0) is 14.4. The van der Waals surface area contributed by atoms with Crippen LogP contribution in [0.3, 0.4) is 0 Å². The number of nitrogens with one attached hydrogen (secondary N) is 1. The molecule has 1 rings (SSSR count). The van der Waals surface area contributed by atoms with E-state index in [1.807, 2.05) is 0 Å². The molecule has 1 fully saturated rings. The van der Waals surface area contributed by atoms with Crippen molar-refractivity contribution in [1.29, 1.82) is 0 Å². The maximum Gasteiger partial charge on any atom is 0.326 e. The Morgan fingerprint density at radius 2 is 2.16 bits per heavy atom. The summed E-state index contributed by atoms with van der Waals surface area (Å²) < 4.78 is 0. The summed E-state index contributed by atoms with van der Waals surface area (Å²) in [6, 6.07) is -2.07. The Bertz CT molecular complexity index is 360. The molecular formula is C10H16N2O7. The SMILES string of the molecule is O=C(O)CC1NCCN(C(CCOO)C(=O)O)C1=O. The summed E-state index contributed by atoms with van der Waals surface area (Å²) in [5.74, 6) is -2.93. The monoisotopic (exact) mass is 276 g/mol. The van der Waals surface area contributed by atoms with Crippen LogP contribution in [-0.2, 0) is 19.3 Å². The van der Waals surface area contributed by atoms with Crippen molar-refractivity contribution < 1.29 is 34.7 Å². The van der Waals surface area contributed by atoms with Gasteiger partial charge >= 0.3 is 11.9 Å². The van der Waals surface area contributed by atoms with E-state index in [0.717, 1.165) is 4.90 Å². The predicted molar refractivity (Wildman–Crippen MR) is 60.4 cm³/mol. The lowest BCUT2D eigenvalue weighted by Crippen LogP contribution is -2.60. The Morgan fingerprint density at radius 1 is 1.47 bits per heavy atom. The Morgan fingerprint density at radius 3 is 2.68 bits per heavy atom. The van der Waals surface area contributed by atoms with Crippen molar-refractivity contribution in [3.8, 4) is 0 Å². The molecule has 1 aliphatic heterocycles. The molecule has 0 saturated carbocycles. The van der Waals surface area contributed by atoms with Crippen LogP contribution in [0.25, 0.3) is 0 Å². The van der Waals surface area contributed by atoms with Crippen molar-refractivity contribution in [1.82, 2.24) is 10.2 Å². The quantitative estimate of drug-likeness (QED) is 0.329. The summed E-state index contributed by atoms with van der Waals surface area (Å²) in [5.41, 5.74) is 0. The van der Waals surface area contributed by atoms with Gasteiger partial charge in [0.15, 0.2) is 0 Å². The van der Waals surface area contributed by atoms with Gasteiger partial charge in [-0.3, -0.25) is 14.8 Å². The van der Waals surface area contributed by atoms with E-state index in [-0.39, 0.29) is 19.6 Å². The lowest BCUT2D eigenvalue weighted by atomic mass is 10.1. The normalized spacial score (nSPS) is 21.2. The summed E-state index contributed by atoms with van der Waals surface area (Å²) >= 11 is 0. The first kappa shape index (κ1) is 15.3. The first-order valence-corrected chi connectivity index (χ1v) is 5.72. The van der Waals surface area contributed by atoms with Crippen molar-refractivity contribution in [3.05, 3.63) is 0 Å². The van der Waals surface area contributed by atoms with Gasteiger partial charge < -0.3 is 20.4 Å². The van der Waals surface area contributed by atoms with E-state index in [2.05, 4.69) is 10.2 Å². The van der Waals surface area contributed by atoms with Gasteiger partial charge in [0.25, 0.3) is 0 Å². The van der Waals surface area contributed by atoms with E-state index in [0.29, 0.717) is 6.54 Å². The van der Waals surface area contributed by atoms with Crippen LogP contribution in [0.2, 0.25) is 0 Å². The van der Waals surface area contributed by atoms with Crippen molar-refractivity contribution in [2.75, 3.05) is 19.7 Å². The molecule has 0 bridgehead atoms. The minimum atomic E-state index is -1.22. The second kappa shape index (κ2) is 7.02. The third-order valence-corrected chi connectivity index (χ3v) is 2.85. The zero-order valence-electron chi connectivity index (χ0n) is 10.1. The van der Waals surface area contributed by atoms with Crippen LogP contribution in [0.5, 0.6) is 0 Å². The van der Waals surface area contributed by atoms with Gasteiger partial charge in [-0.25, -0.2) is 9.68 Å². The average Bonchev–Trinajstić information content (AvgIpc) is 2.33. The number of carboxylic acids is 2. The maximum absolute atomic E-state index is 12.0. The highest BCUT2D eigenvalue weighted by Gasteiger charge is 2.36. The molecule has 4 N–H and O–H groups in total. The number of amides is 1. The molecule has 9 heteroatoms. The standard InChI is InChI=1S/C10H16N2O7/c13-8(14)5-6-9(15)12(3-2-11-6)7(10(16)17)1-4-19-18/h6-7,11,18H,1-5H2,(H,13,14)(H,16,17). The van der Waals surface area contributed by atoms with Gasteiger partial charge in [0.05, 0.1) is 19.1 Å². The minimum absolute atomic E-state index is 0.0721. The molecule has 0 aliphatic carbocycles. The van der Waals surface area contributed by atoms with E-state index in [4.69, 9.17) is 15.5 Å². The van der Waals surface area contributed by atoms with Crippen LogP contribution in [-0.4, -0.2) is 70.0 Å². The number of hydrogen-bond donors (Lipinski definition) is 4. The van der Waals surface area contributed by atoms with E-state index < -0.39 is 36.4 Å². The molecular weight excluding hydrogens is 260 g/mol. The Labute approximate surface area is 108 Å². The minimum Gasteiger partial charge on any atom is -0.481 e. The smallest absolute Gasteiger partial charge is 0.326 e. The van der Waals surface area contributed by atoms with Gasteiger partial charge in [0.1, 0.15) is 6.04 Å². The lowest BCUT2D eigenvalue weighted by Gasteiger charge is -2.36. The summed E-state index contributed by atoms with van der Waals surface area (Å²) in [7, 11) is 0. The van der Waals surface area contributed by atoms with Crippen LogP contribution in [0.15, 0.2) is 0 Å². The van der Waals surface area contributed by atoms with E-state index in [9.17, 15) is 14.4 Å². The zero-order valence-corrected chi connectivity index (χ0v) is 10.1. The number of carboxylic acid groups (broad SMARTS) is 2. The number of hydrogen-bond acceptors (Lipinski definition) is 6. The van der Waals surface area contributed by atoms with Gasteiger partial charge in [-0.05, 0) is 0 Å². The van der Waals surface area contributed by atoms with E-state index in [1.54, 1.807) is 0 Å².